The second kappa shape index (κ2) is 9.13. The molecule has 0 aliphatic rings. The first kappa shape index (κ1) is 18.1. The van der Waals surface area contributed by atoms with Crippen LogP contribution in [0.1, 0.15) is 30.4 Å². The SMILES string of the molecule is CCC(C(=O)Nc1cccc(CSCC(=O)O)c1)c1ccccc1. The van der Waals surface area contributed by atoms with E-state index in [1.807, 2.05) is 61.5 Å². The van der Waals surface area contributed by atoms with Crippen LogP contribution in [0.15, 0.2) is 54.6 Å². The number of hydrogen-bond acceptors (Lipinski definition) is 3. The van der Waals surface area contributed by atoms with Crippen LogP contribution in [0, 0.1) is 0 Å². The minimum Gasteiger partial charge on any atom is -0.481 e. The van der Waals surface area contributed by atoms with E-state index in [1.54, 1.807) is 0 Å². The van der Waals surface area contributed by atoms with Gasteiger partial charge >= 0.3 is 5.97 Å². The molecule has 0 heterocycles. The van der Waals surface area contributed by atoms with Crippen molar-refractivity contribution in [2.24, 2.45) is 0 Å². The number of nitrogens with one attached hydrogen (secondary N) is 1. The molecule has 24 heavy (non-hydrogen) atoms. The largest absolute Gasteiger partial charge is 0.481 e. The molecule has 0 saturated carbocycles. The fraction of sp³-hybridized carbons (Fsp3) is 0.263. The predicted molar refractivity (Wildman–Crippen MR) is 98.3 cm³/mol. The highest BCUT2D eigenvalue weighted by atomic mass is 32.2. The Labute approximate surface area is 146 Å². The highest BCUT2D eigenvalue weighted by molar-refractivity contribution is 7.99. The van der Waals surface area contributed by atoms with Crippen molar-refractivity contribution < 1.29 is 14.7 Å². The fourth-order valence-corrected chi connectivity index (χ4v) is 3.17. The first-order valence-corrected chi connectivity index (χ1v) is 9.00. The molecule has 0 aliphatic carbocycles. The molecule has 2 aromatic rings. The van der Waals surface area contributed by atoms with E-state index in [4.69, 9.17) is 5.11 Å². The van der Waals surface area contributed by atoms with Crippen LogP contribution < -0.4 is 5.32 Å². The Morgan fingerprint density at radius 3 is 2.54 bits per heavy atom. The smallest absolute Gasteiger partial charge is 0.313 e. The normalized spacial score (nSPS) is 11.7. The van der Waals surface area contributed by atoms with Crippen molar-refractivity contribution in [3.8, 4) is 0 Å². The summed E-state index contributed by atoms with van der Waals surface area (Å²) in [6.07, 6.45) is 0.726. The maximum Gasteiger partial charge on any atom is 0.313 e. The van der Waals surface area contributed by atoms with E-state index in [0.29, 0.717) is 5.75 Å². The lowest BCUT2D eigenvalue weighted by Crippen LogP contribution is -2.20. The third-order valence-electron chi connectivity index (χ3n) is 3.62. The van der Waals surface area contributed by atoms with Crippen molar-refractivity contribution in [2.45, 2.75) is 25.0 Å². The van der Waals surface area contributed by atoms with Crippen molar-refractivity contribution in [3.63, 3.8) is 0 Å². The molecule has 0 saturated heterocycles. The third-order valence-corrected chi connectivity index (χ3v) is 4.60. The number of rotatable bonds is 8. The topological polar surface area (TPSA) is 66.4 Å². The van der Waals surface area contributed by atoms with Gasteiger partial charge < -0.3 is 10.4 Å². The summed E-state index contributed by atoms with van der Waals surface area (Å²) in [4.78, 5) is 23.1. The van der Waals surface area contributed by atoms with Crippen LogP contribution >= 0.6 is 11.8 Å². The van der Waals surface area contributed by atoms with Gasteiger partial charge in [0.15, 0.2) is 0 Å². The lowest BCUT2D eigenvalue weighted by atomic mass is 9.95. The van der Waals surface area contributed by atoms with E-state index < -0.39 is 5.97 Å². The van der Waals surface area contributed by atoms with E-state index in [2.05, 4.69) is 5.32 Å². The Balaban J connectivity index is 2.01. The summed E-state index contributed by atoms with van der Waals surface area (Å²) < 4.78 is 0. The Morgan fingerprint density at radius 1 is 1.12 bits per heavy atom. The monoisotopic (exact) mass is 343 g/mol. The number of anilines is 1. The Kier molecular flexibility index (Phi) is 6.88. The summed E-state index contributed by atoms with van der Waals surface area (Å²) in [6.45, 7) is 2.00. The van der Waals surface area contributed by atoms with E-state index in [0.717, 1.165) is 23.2 Å². The molecule has 0 bridgehead atoms. The fourth-order valence-electron chi connectivity index (χ4n) is 2.48. The van der Waals surface area contributed by atoms with Crippen LogP contribution in [0.5, 0.6) is 0 Å². The second-order valence-corrected chi connectivity index (χ2v) is 6.43. The van der Waals surface area contributed by atoms with Gasteiger partial charge in [-0.25, -0.2) is 0 Å². The van der Waals surface area contributed by atoms with E-state index in [1.165, 1.54) is 11.8 Å². The Morgan fingerprint density at radius 2 is 1.88 bits per heavy atom. The van der Waals surface area contributed by atoms with Crippen molar-refractivity contribution >= 4 is 29.3 Å². The maximum absolute atomic E-state index is 12.6. The van der Waals surface area contributed by atoms with Gasteiger partial charge in [-0.3, -0.25) is 9.59 Å². The number of hydrogen-bond donors (Lipinski definition) is 2. The van der Waals surface area contributed by atoms with E-state index in [-0.39, 0.29) is 17.6 Å². The predicted octanol–water partition coefficient (Wildman–Crippen LogP) is 4.14. The molecule has 1 atom stereocenters. The summed E-state index contributed by atoms with van der Waals surface area (Å²) in [6, 6.07) is 17.3. The lowest BCUT2D eigenvalue weighted by Gasteiger charge is -2.16. The first-order valence-electron chi connectivity index (χ1n) is 7.84. The van der Waals surface area contributed by atoms with Gasteiger partial charge in [-0.1, -0.05) is 49.4 Å². The number of carboxylic acids is 1. The highest BCUT2D eigenvalue weighted by Crippen LogP contribution is 2.22. The molecule has 2 N–H and O–H groups in total. The van der Waals surface area contributed by atoms with Gasteiger partial charge in [0.2, 0.25) is 5.91 Å². The zero-order valence-corrected chi connectivity index (χ0v) is 14.4. The zero-order valence-electron chi connectivity index (χ0n) is 13.6. The van der Waals surface area contributed by atoms with E-state index >= 15 is 0 Å². The van der Waals surface area contributed by atoms with Crippen LogP contribution in [0.4, 0.5) is 5.69 Å². The number of carbonyl (C=O) groups is 2. The van der Waals surface area contributed by atoms with Crippen molar-refractivity contribution in [3.05, 3.63) is 65.7 Å². The third kappa shape index (κ3) is 5.42. The standard InChI is InChI=1S/C19H21NO3S/c1-2-17(15-8-4-3-5-9-15)19(23)20-16-10-6-7-14(11-16)12-24-13-18(21)22/h3-11,17H,2,12-13H2,1H3,(H,20,23)(H,21,22). The number of carboxylic acid groups (broad SMARTS) is 1. The van der Waals surface area contributed by atoms with Gasteiger partial charge in [0.1, 0.15) is 0 Å². The minimum atomic E-state index is -0.821. The van der Waals surface area contributed by atoms with Gasteiger partial charge in [0, 0.05) is 11.4 Å². The summed E-state index contributed by atoms with van der Waals surface area (Å²) in [5.74, 6) is -0.359. The number of benzene rings is 2. The molecule has 2 aromatic carbocycles. The molecule has 4 nitrogen and oxygen atoms in total. The maximum atomic E-state index is 12.6. The number of thioether (sulfide) groups is 1. The van der Waals surface area contributed by atoms with Gasteiger partial charge in [0.05, 0.1) is 11.7 Å². The van der Waals surface area contributed by atoms with Gasteiger partial charge in [-0.05, 0) is 29.7 Å². The molecule has 5 heteroatoms. The highest BCUT2D eigenvalue weighted by Gasteiger charge is 2.18. The zero-order chi connectivity index (χ0) is 17.4. The van der Waals surface area contributed by atoms with Crippen molar-refractivity contribution in [2.75, 3.05) is 11.1 Å². The first-order chi connectivity index (χ1) is 11.6. The van der Waals surface area contributed by atoms with Crippen molar-refractivity contribution in [1.82, 2.24) is 0 Å². The van der Waals surface area contributed by atoms with Crippen LogP contribution in [-0.2, 0) is 15.3 Å². The minimum absolute atomic E-state index is 0.0287. The molecule has 0 fully saturated rings. The molecule has 126 valence electrons. The molecule has 0 spiro atoms. The van der Waals surface area contributed by atoms with Crippen LogP contribution in [0.2, 0.25) is 0 Å². The number of amides is 1. The summed E-state index contributed by atoms with van der Waals surface area (Å²) >= 11 is 1.34. The molecular weight excluding hydrogens is 322 g/mol. The van der Waals surface area contributed by atoms with Crippen LogP contribution in [-0.4, -0.2) is 22.7 Å². The number of aliphatic carboxylic acids is 1. The van der Waals surface area contributed by atoms with Crippen molar-refractivity contribution in [1.29, 1.82) is 0 Å². The summed E-state index contributed by atoms with van der Waals surface area (Å²) in [7, 11) is 0. The molecular formula is C19H21NO3S. The average molecular weight is 343 g/mol. The van der Waals surface area contributed by atoms with Crippen LogP contribution in [0.3, 0.4) is 0 Å². The Bertz CT molecular complexity index is 688. The summed E-state index contributed by atoms with van der Waals surface area (Å²) in [5.41, 5.74) is 2.74. The molecule has 1 unspecified atom stereocenters. The molecule has 1 amide bonds. The molecule has 0 radical (unpaired) electrons. The quantitative estimate of drug-likeness (QED) is 0.756. The second-order valence-electron chi connectivity index (χ2n) is 5.45. The summed E-state index contributed by atoms with van der Waals surface area (Å²) in [5, 5.41) is 11.7. The van der Waals surface area contributed by atoms with E-state index in [9.17, 15) is 9.59 Å². The average Bonchev–Trinajstić information content (AvgIpc) is 2.56. The number of carbonyl (C=O) groups excluding carboxylic acids is 1. The molecule has 0 aliphatic heterocycles. The van der Waals surface area contributed by atoms with Crippen LogP contribution in [0.25, 0.3) is 0 Å². The van der Waals surface area contributed by atoms with Gasteiger partial charge in [0.25, 0.3) is 0 Å². The molecule has 2 rings (SSSR count). The Hall–Kier alpha value is -2.27. The van der Waals surface area contributed by atoms with Gasteiger partial charge in [-0.2, -0.15) is 0 Å². The molecule has 0 aromatic heterocycles. The van der Waals surface area contributed by atoms with Gasteiger partial charge in [-0.15, -0.1) is 11.8 Å². The lowest BCUT2D eigenvalue weighted by molar-refractivity contribution is -0.133.